The molecule has 0 aliphatic carbocycles. The fourth-order valence-corrected chi connectivity index (χ4v) is 3.58. The zero-order valence-electron chi connectivity index (χ0n) is 11.7. The first-order valence-electron chi connectivity index (χ1n) is 6.54. The van der Waals surface area contributed by atoms with Crippen LogP contribution in [0.3, 0.4) is 0 Å². The molecule has 7 heteroatoms. The summed E-state index contributed by atoms with van der Waals surface area (Å²) in [6, 6.07) is 0. The van der Waals surface area contributed by atoms with Crippen molar-refractivity contribution < 1.29 is 22.8 Å². The molecule has 6 nitrogen and oxygen atoms in total. The second-order valence-electron chi connectivity index (χ2n) is 3.80. The van der Waals surface area contributed by atoms with Crippen molar-refractivity contribution in [1.82, 2.24) is 0 Å². The lowest BCUT2D eigenvalue weighted by Crippen LogP contribution is -2.51. The van der Waals surface area contributed by atoms with Gasteiger partial charge in [-0.25, -0.2) is 0 Å². The van der Waals surface area contributed by atoms with E-state index in [0.717, 1.165) is 12.8 Å². The Morgan fingerprint density at radius 1 is 1.17 bits per heavy atom. The van der Waals surface area contributed by atoms with Crippen LogP contribution in [0, 0.1) is 0 Å². The van der Waals surface area contributed by atoms with E-state index in [4.69, 9.17) is 28.5 Å². The zero-order chi connectivity index (χ0) is 13.9. The topological polar surface area (TPSA) is 83.2 Å². The molecular weight excluding hydrogens is 254 g/mol. The van der Waals surface area contributed by atoms with Crippen LogP contribution >= 0.6 is 0 Å². The molecule has 0 saturated heterocycles. The third-order valence-electron chi connectivity index (χ3n) is 2.17. The summed E-state index contributed by atoms with van der Waals surface area (Å²) in [5.74, 6) is 0. The average Bonchev–Trinajstić information content (AvgIpc) is 2.34. The summed E-state index contributed by atoms with van der Waals surface area (Å²) in [6.07, 6.45) is 1.66. The largest absolute Gasteiger partial charge is 0.680 e. The van der Waals surface area contributed by atoms with Crippen LogP contribution in [0.2, 0.25) is 0 Å². The average molecular weight is 281 g/mol. The monoisotopic (exact) mass is 281 g/mol. The predicted octanol–water partition coefficient (Wildman–Crippen LogP) is 0.648. The van der Waals surface area contributed by atoms with Gasteiger partial charge in [0.1, 0.15) is 0 Å². The smallest absolute Gasteiger partial charge is 0.394 e. The fraction of sp³-hybridized carbons (Fsp3) is 1.00. The van der Waals surface area contributed by atoms with Gasteiger partial charge in [0.15, 0.2) is 0 Å². The molecule has 1 unspecified atom stereocenters. The Morgan fingerprint density at radius 3 is 2.22 bits per heavy atom. The predicted molar refractivity (Wildman–Crippen MR) is 70.9 cm³/mol. The fourth-order valence-electron chi connectivity index (χ4n) is 1.46. The molecule has 0 aromatic rings. The van der Waals surface area contributed by atoms with Crippen molar-refractivity contribution in [2.24, 2.45) is 5.73 Å². The Balaban J connectivity index is 4.47. The molecule has 3 N–H and O–H groups in total. The lowest BCUT2D eigenvalue weighted by atomic mass is 10.2. The minimum atomic E-state index is -3.13. The molecule has 0 amide bonds. The first-order valence-corrected chi connectivity index (χ1v) is 8.18. The van der Waals surface area contributed by atoms with Crippen LogP contribution in [0.25, 0.3) is 0 Å². The highest BCUT2D eigenvalue weighted by molar-refractivity contribution is 6.53. The maximum atomic E-state index is 8.86. The Morgan fingerprint density at radius 2 is 1.78 bits per heavy atom. The summed E-state index contributed by atoms with van der Waals surface area (Å²) in [5, 5.41) is 8.86. The van der Waals surface area contributed by atoms with E-state index in [0.29, 0.717) is 19.8 Å². The summed E-state index contributed by atoms with van der Waals surface area (Å²) in [4.78, 5) is 0. The molecule has 0 saturated carbocycles. The van der Waals surface area contributed by atoms with E-state index in [9.17, 15) is 0 Å². The summed E-state index contributed by atoms with van der Waals surface area (Å²) in [7, 11) is -3.13. The molecule has 0 bridgehead atoms. The third kappa shape index (κ3) is 7.42. The van der Waals surface area contributed by atoms with Crippen molar-refractivity contribution in [3.05, 3.63) is 0 Å². The van der Waals surface area contributed by atoms with E-state index in [1.54, 1.807) is 0 Å². The van der Waals surface area contributed by atoms with E-state index in [1.165, 1.54) is 0 Å². The highest BCUT2D eigenvalue weighted by Crippen LogP contribution is 2.16. The molecule has 18 heavy (non-hydrogen) atoms. The second kappa shape index (κ2) is 10.9. The summed E-state index contributed by atoms with van der Waals surface area (Å²) in [6.45, 7) is 7.24. The van der Waals surface area contributed by atoms with Gasteiger partial charge in [-0.1, -0.05) is 0 Å². The van der Waals surface area contributed by atoms with Gasteiger partial charge < -0.3 is 28.5 Å². The van der Waals surface area contributed by atoms with Gasteiger partial charge in [-0.2, -0.15) is 0 Å². The highest BCUT2D eigenvalue weighted by atomic mass is 28.4. The molecule has 0 aromatic carbocycles. The first-order chi connectivity index (χ1) is 8.64. The number of aliphatic hydroxyl groups is 1. The Kier molecular flexibility index (Phi) is 10.8. The van der Waals surface area contributed by atoms with Crippen molar-refractivity contribution in [3.8, 4) is 0 Å². The summed E-state index contributed by atoms with van der Waals surface area (Å²) < 4.78 is 22.4. The number of nitrogens with two attached hydrogens (primary N) is 1. The Hall–Kier alpha value is -0.0231. The maximum Gasteiger partial charge on any atom is 0.680 e. The Labute approximate surface area is 111 Å². The van der Waals surface area contributed by atoms with Crippen LogP contribution in [0.1, 0.15) is 33.6 Å². The Bertz CT molecular complexity index is 190. The first kappa shape index (κ1) is 18.0. The summed E-state index contributed by atoms with van der Waals surface area (Å²) in [5.41, 5.74) is 5.47. The van der Waals surface area contributed by atoms with Gasteiger partial charge >= 0.3 is 9.05 Å². The molecule has 0 radical (unpaired) electrons. The lowest BCUT2D eigenvalue weighted by Gasteiger charge is -2.29. The van der Waals surface area contributed by atoms with E-state index in [1.807, 2.05) is 20.8 Å². The van der Waals surface area contributed by atoms with Crippen molar-refractivity contribution >= 4 is 9.05 Å². The van der Waals surface area contributed by atoms with Crippen LogP contribution in [0.5, 0.6) is 0 Å². The second-order valence-corrected chi connectivity index (χ2v) is 5.90. The van der Waals surface area contributed by atoms with Crippen molar-refractivity contribution in [3.63, 3.8) is 0 Å². The minimum absolute atomic E-state index is 0.0444. The van der Waals surface area contributed by atoms with E-state index >= 15 is 0 Å². The number of aliphatic hydroxyl groups excluding tert-OH is 1. The van der Waals surface area contributed by atoms with Crippen LogP contribution in [-0.4, -0.2) is 53.2 Å². The molecule has 1 atom stereocenters. The molecule has 0 aromatic heterocycles. The van der Waals surface area contributed by atoms with Crippen LogP contribution in [-0.2, 0) is 17.7 Å². The molecular formula is C11H27NO5Si. The molecule has 0 aliphatic rings. The number of rotatable bonds is 12. The molecule has 0 spiro atoms. The van der Waals surface area contributed by atoms with Gasteiger partial charge in [-0.05, 0) is 40.2 Å². The quantitative estimate of drug-likeness (QED) is 0.511. The minimum Gasteiger partial charge on any atom is -0.394 e. The molecule has 0 aliphatic heterocycles. The zero-order valence-corrected chi connectivity index (χ0v) is 12.7. The van der Waals surface area contributed by atoms with Crippen LogP contribution < -0.4 is 5.73 Å². The normalized spacial score (nSPS) is 13.8. The summed E-state index contributed by atoms with van der Waals surface area (Å²) >= 11 is 0. The van der Waals surface area contributed by atoms with Gasteiger partial charge in [0.25, 0.3) is 0 Å². The number of hydrogen-bond acceptors (Lipinski definition) is 6. The van der Waals surface area contributed by atoms with Gasteiger partial charge in [0.2, 0.25) is 0 Å². The van der Waals surface area contributed by atoms with Crippen molar-refractivity contribution in [2.45, 2.75) is 39.7 Å². The maximum absolute atomic E-state index is 8.86. The van der Waals surface area contributed by atoms with E-state index < -0.39 is 9.05 Å². The van der Waals surface area contributed by atoms with Gasteiger partial charge in [-0.15, -0.1) is 0 Å². The lowest BCUT2D eigenvalue weighted by molar-refractivity contribution is -0.0548. The molecule has 0 rings (SSSR count). The van der Waals surface area contributed by atoms with Crippen LogP contribution in [0.15, 0.2) is 0 Å². The van der Waals surface area contributed by atoms with Crippen molar-refractivity contribution in [2.75, 3.05) is 33.0 Å². The highest BCUT2D eigenvalue weighted by Gasteiger charge is 2.46. The standard InChI is InChI=1S/C11H27NO5Si/c1-4-14-18(15-5-2,16-10-9-13)17-11(3)7-6-8-12/h11,13H,4-10,12H2,1-3H3. The van der Waals surface area contributed by atoms with Gasteiger partial charge in [-0.3, -0.25) is 0 Å². The molecule has 110 valence electrons. The number of hydrogen-bond donors (Lipinski definition) is 2. The third-order valence-corrected chi connectivity index (χ3v) is 4.71. The van der Waals surface area contributed by atoms with Crippen molar-refractivity contribution in [1.29, 1.82) is 0 Å². The van der Waals surface area contributed by atoms with Gasteiger partial charge in [0, 0.05) is 19.3 Å². The van der Waals surface area contributed by atoms with Gasteiger partial charge in [0.05, 0.1) is 13.2 Å². The van der Waals surface area contributed by atoms with E-state index in [2.05, 4.69) is 0 Å². The van der Waals surface area contributed by atoms with Crippen LogP contribution in [0.4, 0.5) is 0 Å². The SMILES string of the molecule is CCO[Si](OCC)(OCCO)OC(C)CCCN. The molecule has 0 fully saturated rings. The molecule has 0 heterocycles. The van der Waals surface area contributed by atoms with E-state index in [-0.39, 0.29) is 19.3 Å².